The average Bonchev–Trinajstić information content (AvgIpc) is 2.45. The van der Waals surface area contributed by atoms with E-state index in [4.69, 9.17) is 10.2 Å². The molecule has 21 heavy (non-hydrogen) atoms. The first-order valence-electron chi connectivity index (χ1n) is 6.11. The zero-order valence-electron chi connectivity index (χ0n) is 11.2. The summed E-state index contributed by atoms with van der Waals surface area (Å²) in [4.78, 5) is 33.2. The largest absolute Gasteiger partial charge is 0.480 e. The quantitative estimate of drug-likeness (QED) is 0.510. The van der Waals surface area contributed by atoms with Gasteiger partial charge in [-0.25, -0.2) is 4.79 Å². The number of hydrogen-bond acceptors (Lipinski definition) is 5. The van der Waals surface area contributed by atoms with Gasteiger partial charge in [0.15, 0.2) is 0 Å². The third-order valence-corrected chi connectivity index (χ3v) is 2.29. The Labute approximate surface area is 120 Å². The van der Waals surface area contributed by atoms with E-state index in [0.29, 0.717) is 11.3 Å². The highest BCUT2D eigenvalue weighted by atomic mass is 16.5. The van der Waals surface area contributed by atoms with Crippen LogP contribution in [0.25, 0.3) is 0 Å². The van der Waals surface area contributed by atoms with Crippen LogP contribution in [0.15, 0.2) is 24.3 Å². The van der Waals surface area contributed by atoms with E-state index in [1.165, 1.54) is 24.3 Å². The van der Waals surface area contributed by atoms with Crippen LogP contribution < -0.4 is 10.6 Å². The fourth-order valence-electron chi connectivity index (χ4n) is 1.40. The molecule has 1 rings (SSSR count). The number of benzene rings is 1. The minimum absolute atomic E-state index is 0.143. The maximum absolute atomic E-state index is 11.6. The van der Waals surface area contributed by atoms with Crippen molar-refractivity contribution in [2.45, 2.75) is 0 Å². The monoisotopic (exact) mass is 296 g/mol. The molecular formula is C13H16N2O6. The van der Waals surface area contributed by atoms with Crippen molar-refractivity contribution in [3.63, 3.8) is 0 Å². The van der Waals surface area contributed by atoms with Crippen LogP contribution in [0.4, 0.5) is 5.69 Å². The molecule has 0 aliphatic rings. The lowest BCUT2D eigenvalue weighted by Gasteiger charge is -2.07. The predicted octanol–water partition coefficient (Wildman–Crippen LogP) is -0.552. The number of aliphatic carboxylic acids is 1. The molecule has 0 unspecified atom stereocenters. The number of nitrogens with one attached hydrogen (secondary N) is 2. The van der Waals surface area contributed by atoms with Crippen LogP contribution >= 0.6 is 0 Å². The van der Waals surface area contributed by atoms with E-state index in [9.17, 15) is 14.4 Å². The SMILES string of the molecule is O=C(O)COCC(=O)Nc1ccc(C(=O)NCCO)cc1. The molecule has 0 aliphatic carbocycles. The lowest BCUT2D eigenvalue weighted by Crippen LogP contribution is -2.26. The molecule has 0 bridgehead atoms. The summed E-state index contributed by atoms with van der Waals surface area (Å²) in [6, 6.07) is 6.09. The zero-order chi connectivity index (χ0) is 15.7. The minimum Gasteiger partial charge on any atom is -0.480 e. The van der Waals surface area contributed by atoms with E-state index < -0.39 is 18.5 Å². The molecule has 1 aromatic carbocycles. The van der Waals surface area contributed by atoms with Crippen molar-refractivity contribution >= 4 is 23.5 Å². The summed E-state index contributed by atoms with van der Waals surface area (Å²) in [5, 5.41) is 21.9. The molecule has 8 heteroatoms. The van der Waals surface area contributed by atoms with Gasteiger partial charge in [0, 0.05) is 17.8 Å². The highest BCUT2D eigenvalue weighted by molar-refractivity contribution is 5.96. The van der Waals surface area contributed by atoms with Gasteiger partial charge in [0.25, 0.3) is 5.91 Å². The second-order valence-corrected chi connectivity index (χ2v) is 3.99. The van der Waals surface area contributed by atoms with Crippen molar-refractivity contribution < 1.29 is 29.3 Å². The number of rotatable bonds is 8. The number of carboxylic acids is 1. The normalized spacial score (nSPS) is 9.95. The number of aliphatic hydroxyl groups excluding tert-OH is 1. The first-order valence-corrected chi connectivity index (χ1v) is 6.11. The predicted molar refractivity (Wildman–Crippen MR) is 72.9 cm³/mol. The summed E-state index contributed by atoms with van der Waals surface area (Å²) in [5.41, 5.74) is 0.848. The number of carbonyl (C=O) groups is 3. The Morgan fingerprint density at radius 1 is 1.10 bits per heavy atom. The molecule has 8 nitrogen and oxygen atoms in total. The van der Waals surface area contributed by atoms with Gasteiger partial charge in [0.1, 0.15) is 13.2 Å². The Bertz CT molecular complexity index is 500. The molecule has 0 saturated carbocycles. The number of anilines is 1. The zero-order valence-corrected chi connectivity index (χ0v) is 11.2. The van der Waals surface area contributed by atoms with Crippen molar-refractivity contribution in [1.82, 2.24) is 5.32 Å². The minimum atomic E-state index is -1.15. The van der Waals surface area contributed by atoms with E-state index in [0.717, 1.165) is 0 Å². The molecule has 2 amide bonds. The van der Waals surface area contributed by atoms with Crippen molar-refractivity contribution in [1.29, 1.82) is 0 Å². The summed E-state index contributed by atoms with van der Waals surface area (Å²) in [7, 11) is 0. The maximum atomic E-state index is 11.6. The van der Waals surface area contributed by atoms with Crippen molar-refractivity contribution in [2.75, 3.05) is 31.7 Å². The number of amides is 2. The molecule has 1 aromatic rings. The standard InChI is InChI=1S/C13H16N2O6/c16-6-5-14-13(20)9-1-3-10(4-2-9)15-11(17)7-21-8-12(18)19/h1-4,16H,5-8H2,(H,14,20)(H,15,17)(H,18,19). The van der Waals surface area contributed by atoms with Crippen LogP contribution in [0, 0.1) is 0 Å². The van der Waals surface area contributed by atoms with Gasteiger partial charge in [-0.1, -0.05) is 0 Å². The number of aliphatic hydroxyl groups is 1. The van der Waals surface area contributed by atoms with Crippen LogP contribution in [-0.4, -0.2) is 54.4 Å². The van der Waals surface area contributed by atoms with Crippen LogP contribution in [0.1, 0.15) is 10.4 Å². The molecule has 0 aliphatic heterocycles. The van der Waals surface area contributed by atoms with Gasteiger partial charge in [0.05, 0.1) is 6.61 Å². The number of ether oxygens (including phenoxy) is 1. The Kier molecular flexibility index (Phi) is 6.85. The van der Waals surface area contributed by atoms with E-state index in [1.807, 2.05) is 0 Å². The molecule has 0 radical (unpaired) electrons. The summed E-state index contributed by atoms with van der Waals surface area (Å²) < 4.78 is 4.64. The topological polar surface area (TPSA) is 125 Å². The maximum Gasteiger partial charge on any atom is 0.329 e. The molecule has 4 N–H and O–H groups in total. The second kappa shape index (κ2) is 8.67. The van der Waals surface area contributed by atoms with Crippen molar-refractivity contribution in [3.05, 3.63) is 29.8 Å². The first kappa shape index (κ1) is 16.6. The van der Waals surface area contributed by atoms with Crippen molar-refractivity contribution in [2.24, 2.45) is 0 Å². The van der Waals surface area contributed by atoms with Gasteiger partial charge >= 0.3 is 5.97 Å². The lowest BCUT2D eigenvalue weighted by atomic mass is 10.2. The first-order chi connectivity index (χ1) is 10.0. The summed E-state index contributed by atoms with van der Waals surface area (Å²) >= 11 is 0. The highest BCUT2D eigenvalue weighted by Gasteiger charge is 2.07. The van der Waals surface area contributed by atoms with E-state index >= 15 is 0 Å². The fraction of sp³-hybridized carbons (Fsp3) is 0.308. The molecule has 0 spiro atoms. The van der Waals surface area contributed by atoms with Crippen molar-refractivity contribution in [3.8, 4) is 0 Å². The summed E-state index contributed by atoms with van der Waals surface area (Å²) in [6.45, 7) is -0.892. The molecule has 0 aromatic heterocycles. The smallest absolute Gasteiger partial charge is 0.329 e. The second-order valence-electron chi connectivity index (χ2n) is 3.99. The average molecular weight is 296 g/mol. The van der Waals surface area contributed by atoms with Gasteiger partial charge in [-0.15, -0.1) is 0 Å². The van der Waals surface area contributed by atoms with Crippen LogP contribution in [0.5, 0.6) is 0 Å². The third-order valence-electron chi connectivity index (χ3n) is 2.29. The lowest BCUT2D eigenvalue weighted by molar-refractivity contribution is -0.143. The Morgan fingerprint density at radius 2 is 1.76 bits per heavy atom. The fourth-order valence-corrected chi connectivity index (χ4v) is 1.40. The van der Waals surface area contributed by atoms with Gasteiger partial charge in [-0.3, -0.25) is 9.59 Å². The van der Waals surface area contributed by atoms with E-state index in [2.05, 4.69) is 15.4 Å². The molecule has 0 heterocycles. The number of hydrogen-bond donors (Lipinski definition) is 4. The highest BCUT2D eigenvalue weighted by Crippen LogP contribution is 2.09. The number of carbonyl (C=O) groups excluding carboxylic acids is 2. The number of carboxylic acid groups (broad SMARTS) is 1. The van der Waals surface area contributed by atoms with Crippen LogP contribution in [0.3, 0.4) is 0 Å². The molecule has 0 saturated heterocycles. The van der Waals surface area contributed by atoms with E-state index in [1.54, 1.807) is 0 Å². The van der Waals surface area contributed by atoms with Crippen LogP contribution in [-0.2, 0) is 14.3 Å². The molecule has 114 valence electrons. The Hall–Kier alpha value is -2.45. The summed E-state index contributed by atoms with van der Waals surface area (Å²) in [5.74, 6) is -1.97. The van der Waals surface area contributed by atoms with Gasteiger partial charge in [0.2, 0.25) is 5.91 Å². The van der Waals surface area contributed by atoms with E-state index in [-0.39, 0.29) is 25.7 Å². The molecular weight excluding hydrogens is 280 g/mol. The summed E-state index contributed by atoms with van der Waals surface area (Å²) in [6.07, 6.45) is 0. The molecule has 0 fully saturated rings. The van der Waals surface area contributed by atoms with Gasteiger partial charge < -0.3 is 25.6 Å². The Morgan fingerprint density at radius 3 is 2.33 bits per heavy atom. The van der Waals surface area contributed by atoms with Gasteiger partial charge in [-0.2, -0.15) is 0 Å². The molecule has 0 atom stereocenters. The van der Waals surface area contributed by atoms with Crippen LogP contribution in [0.2, 0.25) is 0 Å². The third kappa shape index (κ3) is 6.50. The van der Waals surface area contributed by atoms with Gasteiger partial charge in [-0.05, 0) is 24.3 Å². The Balaban J connectivity index is 2.45.